The average Bonchev–Trinajstić information content (AvgIpc) is 3.37. The molecule has 7 aromatic carbocycles. The second-order valence-electron chi connectivity index (χ2n) is 14.7. The third-order valence-electron chi connectivity index (χ3n) is 11.6. The number of nitrogens with zero attached hydrogens (tertiary/aromatic N) is 2. The Kier molecular flexibility index (Phi) is 8.82. The van der Waals surface area contributed by atoms with Gasteiger partial charge in [0.1, 0.15) is 12.0 Å². The topological polar surface area (TPSA) is 66.9 Å². The number of rotatable bonds is 9. The zero-order valence-electron chi connectivity index (χ0n) is 31.5. The van der Waals surface area contributed by atoms with E-state index in [0.29, 0.717) is 33.5 Å². The molecule has 2 aliphatic heterocycles. The molecule has 2 atom stereocenters. The molecule has 6 heteroatoms. The van der Waals surface area contributed by atoms with Crippen LogP contribution in [0.1, 0.15) is 80.7 Å². The number of aldehydes is 1. The van der Waals surface area contributed by atoms with E-state index >= 15 is 0 Å². The normalized spacial score (nSPS) is 14.1. The molecule has 0 saturated heterocycles. The maximum atomic E-state index is 13.8. The number of hydrogen-bond acceptors (Lipinski definition) is 5. The third kappa shape index (κ3) is 5.68. The highest BCUT2D eigenvalue weighted by Gasteiger charge is 2.35. The SMILES string of the molecule is CCC(CC(C)c1ccc(N2C(=O)c3cccc4c(OC)ccc(c34)C2=O)cc1)c1ccc2c(c1)-c1ccccc1-c1ccccc1N2c1ccc(C=O)cc1. The van der Waals surface area contributed by atoms with Crippen molar-refractivity contribution < 1.29 is 19.1 Å². The van der Waals surface area contributed by atoms with Gasteiger partial charge >= 0.3 is 0 Å². The Labute approximate surface area is 326 Å². The zero-order chi connectivity index (χ0) is 38.5. The van der Waals surface area contributed by atoms with Crippen LogP contribution in [-0.4, -0.2) is 25.2 Å². The standard InChI is InChI=1S/C50H40N2O4/c1-4-33(28-31(2)34-18-23-37(24-19-34)52-49(54)42-14-9-13-41-47(56-3)27-25-43(48(41)42)50(52)55)35-20-26-46-44(29-35)39-11-6-5-10-38(39)40-12-7-8-15-45(40)51(46)36-21-16-32(30-53)17-22-36/h5-27,29-31,33H,4,28H2,1-3H3. The number of hydrogen-bond donors (Lipinski definition) is 0. The van der Waals surface area contributed by atoms with Crippen LogP contribution in [0.2, 0.25) is 0 Å². The van der Waals surface area contributed by atoms with Gasteiger partial charge in [-0.3, -0.25) is 14.4 Å². The summed E-state index contributed by atoms with van der Waals surface area (Å²) in [6.45, 7) is 4.50. The third-order valence-corrected chi connectivity index (χ3v) is 11.6. The molecule has 0 aliphatic carbocycles. The van der Waals surface area contributed by atoms with Crippen molar-refractivity contribution in [2.45, 2.75) is 38.5 Å². The van der Waals surface area contributed by atoms with Crippen LogP contribution < -0.4 is 14.5 Å². The van der Waals surface area contributed by atoms with Gasteiger partial charge < -0.3 is 9.64 Å². The van der Waals surface area contributed by atoms with Crippen molar-refractivity contribution in [2.75, 3.05) is 16.9 Å². The summed E-state index contributed by atoms with van der Waals surface area (Å²) < 4.78 is 5.52. The van der Waals surface area contributed by atoms with Gasteiger partial charge in [0.2, 0.25) is 0 Å². The predicted molar refractivity (Wildman–Crippen MR) is 225 cm³/mol. The molecule has 7 aromatic rings. The number of fused-ring (bicyclic) bond motifs is 5. The van der Waals surface area contributed by atoms with E-state index in [1.807, 2.05) is 48.5 Å². The van der Waals surface area contributed by atoms with Crippen molar-refractivity contribution >= 4 is 51.6 Å². The molecule has 56 heavy (non-hydrogen) atoms. The van der Waals surface area contributed by atoms with Crippen LogP contribution in [0, 0.1) is 0 Å². The van der Waals surface area contributed by atoms with Gasteiger partial charge in [0.25, 0.3) is 11.8 Å². The maximum absolute atomic E-state index is 13.8. The Balaban J connectivity index is 1.02. The minimum atomic E-state index is -0.336. The fourth-order valence-corrected chi connectivity index (χ4v) is 8.71. The van der Waals surface area contributed by atoms with E-state index in [1.54, 1.807) is 25.3 Å². The number of benzene rings is 7. The Morgan fingerprint density at radius 3 is 1.88 bits per heavy atom. The molecular weight excluding hydrogens is 693 g/mol. The summed E-state index contributed by atoms with van der Waals surface area (Å²) in [6, 6.07) is 48.7. The summed E-state index contributed by atoms with van der Waals surface area (Å²) in [6.07, 6.45) is 2.77. The first-order valence-electron chi connectivity index (χ1n) is 19.2. The number of methoxy groups -OCH3 is 1. The lowest BCUT2D eigenvalue weighted by molar-refractivity contribution is 0.0893. The molecule has 274 valence electrons. The number of ether oxygens (including phenoxy) is 1. The van der Waals surface area contributed by atoms with Crippen LogP contribution in [0.4, 0.5) is 22.7 Å². The summed E-state index contributed by atoms with van der Waals surface area (Å²) in [4.78, 5) is 42.8. The molecule has 6 nitrogen and oxygen atoms in total. The molecule has 0 spiro atoms. The van der Waals surface area contributed by atoms with E-state index < -0.39 is 0 Å². The minimum Gasteiger partial charge on any atom is -0.496 e. The van der Waals surface area contributed by atoms with Crippen molar-refractivity contribution in [2.24, 2.45) is 0 Å². The summed E-state index contributed by atoms with van der Waals surface area (Å²) >= 11 is 0. The highest BCUT2D eigenvalue weighted by Crippen LogP contribution is 2.51. The molecule has 0 aromatic heterocycles. The Hall–Kier alpha value is -6.79. The number of carbonyl (C=O) groups excluding carboxylic acids is 3. The van der Waals surface area contributed by atoms with Gasteiger partial charge in [0.05, 0.1) is 24.2 Å². The van der Waals surface area contributed by atoms with E-state index in [9.17, 15) is 14.4 Å². The molecule has 2 heterocycles. The van der Waals surface area contributed by atoms with Crippen LogP contribution in [0.15, 0.2) is 146 Å². The Bertz CT molecular complexity index is 2660. The molecule has 9 rings (SSSR count). The van der Waals surface area contributed by atoms with Gasteiger partial charge in [-0.25, -0.2) is 4.90 Å². The summed E-state index contributed by atoms with van der Waals surface area (Å²) in [5.41, 5.74) is 12.4. The van der Waals surface area contributed by atoms with Crippen LogP contribution in [0.5, 0.6) is 5.75 Å². The van der Waals surface area contributed by atoms with E-state index in [1.165, 1.54) is 21.6 Å². The highest BCUT2D eigenvalue weighted by molar-refractivity contribution is 6.36. The first-order chi connectivity index (χ1) is 27.4. The molecule has 2 aliphatic rings. The molecule has 0 fully saturated rings. The number of imide groups is 1. The first kappa shape index (κ1) is 34.9. The fraction of sp³-hybridized carbons (Fsp3) is 0.140. The first-order valence-corrected chi connectivity index (χ1v) is 19.2. The molecule has 2 unspecified atom stereocenters. The lowest BCUT2D eigenvalue weighted by Crippen LogP contribution is -2.40. The second-order valence-corrected chi connectivity index (χ2v) is 14.7. The van der Waals surface area contributed by atoms with Crippen LogP contribution in [0.3, 0.4) is 0 Å². The van der Waals surface area contributed by atoms with E-state index in [4.69, 9.17) is 4.74 Å². The van der Waals surface area contributed by atoms with Crippen molar-refractivity contribution in [3.8, 4) is 28.0 Å². The zero-order valence-corrected chi connectivity index (χ0v) is 31.5. The average molecular weight is 733 g/mol. The highest BCUT2D eigenvalue weighted by atomic mass is 16.5. The van der Waals surface area contributed by atoms with Gasteiger partial charge in [-0.05, 0) is 120 Å². The van der Waals surface area contributed by atoms with Crippen molar-refractivity contribution in [3.05, 3.63) is 173 Å². The molecule has 0 N–H and O–H groups in total. The largest absolute Gasteiger partial charge is 0.496 e. The molecule has 0 radical (unpaired) electrons. The minimum absolute atomic E-state index is 0.215. The predicted octanol–water partition coefficient (Wildman–Crippen LogP) is 12.3. The van der Waals surface area contributed by atoms with Crippen molar-refractivity contribution in [1.29, 1.82) is 0 Å². The van der Waals surface area contributed by atoms with Gasteiger partial charge in [-0.15, -0.1) is 0 Å². The summed E-state index contributed by atoms with van der Waals surface area (Å²) in [7, 11) is 1.59. The summed E-state index contributed by atoms with van der Waals surface area (Å²) in [5, 5.41) is 1.39. The Morgan fingerprint density at radius 1 is 0.589 bits per heavy atom. The Morgan fingerprint density at radius 2 is 1.18 bits per heavy atom. The van der Waals surface area contributed by atoms with Crippen molar-refractivity contribution in [1.82, 2.24) is 0 Å². The smallest absolute Gasteiger partial charge is 0.265 e. The number of amides is 2. The quantitative estimate of drug-likeness (QED) is 0.109. The number of para-hydroxylation sites is 1. The monoisotopic (exact) mass is 732 g/mol. The van der Waals surface area contributed by atoms with Crippen LogP contribution >= 0.6 is 0 Å². The summed E-state index contributed by atoms with van der Waals surface area (Å²) in [5.74, 6) is 0.461. The second kappa shape index (κ2) is 14.1. The van der Waals surface area contributed by atoms with Gasteiger partial charge in [0, 0.05) is 44.3 Å². The van der Waals surface area contributed by atoms with Crippen LogP contribution in [-0.2, 0) is 0 Å². The molecule has 0 bridgehead atoms. The maximum Gasteiger partial charge on any atom is 0.265 e. The number of carbonyl (C=O) groups is 3. The molecule has 2 amide bonds. The lowest BCUT2D eigenvalue weighted by atomic mass is 9.83. The number of anilines is 4. The van der Waals surface area contributed by atoms with E-state index in [0.717, 1.165) is 58.3 Å². The fourth-order valence-electron chi connectivity index (χ4n) is 8.71. The van der Waals surface area contributed by atoms with Crippen molar-refractivity contribution in [3.63, 3.8) is 0 Å². The lowest BCUT2D eigenvalue weighted by Gasteiger charge is -2.29. The molecule has 0 saturated carbocycles. The van der Waals surface area contributed by atoms with Gasteiger partial charge in [-0.2, -0.15) is 0 Å². The van der Waals surface area contributed by atoms with Gasteiger partial charge in [0.15, 0.2) is 0 Å². The van der Waals surface area contributed by atoms with E-state index in [-0.39, 0.29) is 23.7 Å². The molecular formula is C50H40N2O4. The van der Waals surface area contributed by atoms with E-state index in [2.05, 4.69) is 97.6 Å². The van der Waals surface area contributed by atoms with Crippen LogP contribution in [0.25, 0.3) is 33.0 Å². The van der Waals surface area contributed by atoms with Gasteiger partial charge in [-0.1, -0.05) is 86.6 Å².